The van der Waals surface area contributed by atoms with Crippen LogP contribution >= 0.6 is 11.3 Å². The first kappa shape index (κ1) is 24.7. The van der Waals surface area contributed by atoms with Crippen molar-refractivity contribution in [2.24, 2.45) is 5.41 Å². The molecular formula is C34H33N3S. The second kappa shape index (κ2) is 8.99. The number of rotatable bonds is 3. The Morgan fingerprint density at radius 1 is 0.763 bits per heavy atom. The number of pyridine rings is 1. The van der Waals surface area contributed by atoms with Crippen molar-refractivity contribution in [3.05, 3.63) is 90.4 Å². The van der Waals surface area contributed by atoms with E-state index in [4.69, 9.17) is 15.0 Å². The van der Waals surface area contributed by atoms with Gasteiger partial charge in [-0.3, -0.25) is 4.98 Å². The minimum absolute atomic E-state index is 0.0227. The van der Waals surface area contributed by atoms with E-state index < -0.39 is 0 Å². The lowest BCUT2D eigenvalue weighted by Crippen LogP contribution is -2.13. The van der Waals surface area contributed by atoms with Crippen molar-refractivity contribution in [1.82, 2.24) is 15.0 Å². The van der Waals surface area contributed by atoms with Crippen molar-refractivity contribution in [1.29, 1.82) is 0 Å². The topological polar surface area (TPSA) is 38.7 Å². The Kier molecular flexibility index (Phi) is 5.84. The van der Waals surface area contributed by atoms with Crippen LogP contribution in [-0.2, 0) is 11.8 Å². The van der Waals surface area contributed by atoms with Gasteiger partial charge in [-0.05, 0) is 58.5 Å². The zero-order chi connectivity index (χ0) is 26.7. The number of nitrogens with zero attached hydrogens (tertiary/aromatic N) is 3. The normalized spacial score (nSPS) is 12.6. The van der Waals surface area contributed by atoms with Gasteiger partial charge in [0.25, 0.3) is 0 Å². The minimum Gasteiger partial charge on any atom is -0.252 e. The Morgan fingerprint density at radius 2 is 1.58 bits per heavy atom. The number of benzene rings is 3. The Hall–Kier alpha value is -3.63. The molecule has 0 saturated carbocycles. The van der Waals surface area contributed by atoms with Gasteiger partial charge in [-0.2, -0.15) is 0 Å². The molecule has 0 bridgehead atoms. The van der Waals surface area contributed by atoms with Crippen molar-refractivity contribution in [2.75, 3.05) is 0 Å². The van der Waals surface area contributed by atoms with Crippen LogP contribution in [0.1, 0.15) is 52.8 Å². The summed E-state index contributed by atoms with van der Waals surface area (Å²) < 4.78 is 2.40. The zero-order valence-corrected chi connectivity index (χ0v) is 23.8. The Labute approximate surface area is 228 Å². The van der Waals surface area contributed by atoms with E-state index in [1.54, 1.807) is 17.7 Å². The van der Waals surface area contributed by atoms with Crippen molar-refractivity contribution in [2.45, 2.75) is 53.4 Å². The molecule has 3 aromatic heterocycles. The summed E-state index contributed by atoms with van der Waals surface area (Å²) in [5.74, 6) is 0. The molecule has 0 atom stereocenters. The number of aromatic nitrogens is 3. The summed E-state index contributed by atoms with van der Waals surface area (Å²) in [4.78, 5) is 14.7. The van der Waals surface area contributed by atoms with Crippen LogP contribution < -0.4 is 0 Å². The van der Waals surface area contributed by atoms with E-state index in [2.05, 4.69) is 114 Å². The number of hydrogen-bond acceptors (Lipinski definition) is 4. The fourth-order valence-electron chi connectivity index (χ4n) is 5.21. The van der Waals surface area contributed by atoms with Crippen molar-refractivity contribution in [3.63, 3.8) is 0 Å². The van der Waals surface area contributed by atoms with Crippen LogP contribution in [0.2, 0.25) is 0 Å². The summed E-state index contributed by atoms with van der Waals surface area (Å²) in [7, 11) is 0. The summed E-state index contributed by atoms with van der Waals surface area (Å²) in [5, 5.41) is 3.58. The fraction of sp³-hybridized carbons (Fsp3) is 0.265. The first-order valence-corrected chi connectivity index (χ1v) is 14.1. The van der Waals surface area contributed by atoms with Gasteiger partial charge in [-0.15, -0.1) is 11.3 Å². The van der Waals surface area contributed by atoms with Gasteiger partial charge in [-0.25, -0.2) is 9.97 Å². The van der Waals surface area contributed by atoms with E-state index >= 15 is 0 Å². The smallest absolute Gasteiger partial charge is 0.116 e. The second-order valence-electron chi connectivity index (χ2n) is 12.5. The van der Waals surface area contributed by atoms with Gasteiger partial charge < -0.3 is 0 Å². The summed E-state index contributed by atoms with van der Waals surface area (Å²) in [6.45, 7) is 13.5. The van der Waals surface area contributed by atoms with Crippen LogP contribution in [0.25, 0.3) is 53.6 Å². The second-order valence-corrected chi connectivity index (χ2v) is 13.5. The van der Waals surface area contributed by atoms with Crippen LogP contribution in [0.5, 0.6) is 0 Å². The molecule has 0 radical (unpaired) electrons. The maximum atomic E-state index is 5.10. The van der Waals surface area contributed by atoms with Crippen LogP contribution in [0, 0.1) is 5.41 Å². The molecule has 0 N–H and O–H groups in total. The first-order chi connectivity index (χ1) is 18.1. The molecular weight excluding hydrogens is 482 g/mol. The largest absolute Gasteiger partial charge is 0.252 e. The van der Waals surface area contributed by atoms with Crippen molar-refractivity contribution in [3.8, 4) is 22.5 Å². The highest BCUT2D eigenvalue weighted by Gasteiger charge is 2.19. The first-order valence-electron chi connectivity index (χ1n) is 13.2. The molecule has 6 rings (SSSR count). The highest BCUT2D eigenvalue weighted by Crippen LogP contribution is 2.41. The molecule has 0 fully saturated rings. The monoisotopic (exact) mass is 515 g/mol. The molecule has 3 nitrogen and oxygen atoms in total. The standard InChI is InChI=1S/C34H33N3S/c1-33(2,3)19-21-14-15-25-28(16-21)38-32-30(35-20-36-31(25)32)23-17-22-10-7-8-11-24(22)26(18-23)27-12-9-13-29(37-27)34(4,5)6/h7-18,20H,19H2,1-6H3. The number of thiophene rings is 1. The molecule has 3 heterocycles. The molecule has 38 heavy (non-hydrogen) atoms. The highest BCUT2D eigenvalue weighted by atomic mass is 32.1. The maximum Gasteiger partial charge on any atom is 0.116 e. The predicted molar refractivity (Wildman–Crippen MR) is 163 cm³/mol. The SMILES string of the molecule is CC(C)(C)Cc1ccc2c(c1)sc1c(-c3cc(-c4cccc(C(C)(C)C)n4)c4ccccc4c3)ncnc12. The Balaban J connectivity index is 1.56. The van der Waals surface area contributed by atoms with Gasteiger partial charge in [0.05, 0.1) is 21.6 Å². The molecule has 0 spiro atoms. The lowest BCUT2D eigenvalue weighted by molar-refractivity contribution is 0.411. The molecule has 0 aliphatic rings. The van der Waals surface area contributed by atoms with Gasteiger partial charge in [0.15, 0.2) is 0 Å². The van der Waals surface area contributed by atoms with Crippen LogP contribution in [-0.4, -0.2) is 15.0 Å². The van der Waals surface area contributed by atoms with Crippen molar-refractivity contribution >= 4 is 42.4 Å². The summed E-state index contributed by atoms with van der Waals surface area (Å²) in [6.07, 6.45) is 2.75. The molecule has 0 aliphatic heterocycles. The van der Waals surface area contributed by atoms with Gasteiger partial charge in [0, 0.05) is 32.3 Å². The molecule has 0 saturated heterocycles. The average molecular weight is 516 g/mol. The maximum absolute atomic E-state index is 5.10. The van der Waals surface area contributed by atoms with Crippen LogP contribution in [0.4, 0.5) is 0 Å². The minimum atomic E-state index is -0.0227. The third-order valence-electron chi connectivity index (χ3n) is 6.98. The van der Waals surface area contributed by atoms with E-state index in [0.717, 1.165) is 44.8 Å². The van der Waals surface area contributed by atoms with Crippen molar-refractivity contribution < 1.29 is 0 Å². The molecule has 0 unspecified atom stereocenters. The molecule has 0 aliphatic carbocycles. The number of hydrogen-bond donors (Lipinski definition) is 0. The quantitative estimate of drug-likeness (QED) is 0.235. The van der Waals surface area contributed by atoms with E-state index in [-0.39, 0.29) is 10.8 Å². The average Bonchev–Trinajstić information content (AvgIpc) is 3.24. The Bertz CT molecular complexity index is 1820. The summed E-state index contributed by atoms with van der Waals surface area (Å²) in [5.41, 5.74) is 7.89. The van der Waals surface area contributed by atoms with Gasteiger partial charge >= 0.3 is 0 Å². The summed E-state index contributed by atoms with van der Waals surface area (Å²) in [6, 6.07) is 26.3. The lowest BCUT2D eigenvalue weighted by atomic mass is 9.88. The molecule has 0 amide bonds. The molecule has 3 aromatic carbocycles. The van der Waals surface area contributed by atoms with Gasteiger partial charge in [-0.1, -0.05) is 84.0 Å². The van der Waals surface area contributed by atoms with E-state index in [1.807, 2.05) is 0 Å². The summed E-state index contributed by atoms with van der Waals surface area (Å²) >= 11 is 1.80. The van der Waals surface area contributed by atoms with Crippen LogP contribution in [0.3, 0.4) is 0 Å². The highest BCUT2D eigenvalue weighted by molar-refractivity contribution is 7.26. The molecule has 4 heteroatoms. The lowest BCUT2D eigenvalue weighted by Gasteiger charge is -2.19. The van der Waals surface area contributed by atoms with Gasteiger partial charge in [0.1, 0.15) is 6.33 Å². The predicted octanol–water partition coefficient (Wildman–Crippen LogP) is 9.61. The third-order valence-corrected chi connectivity index (χ3v) is 8.13. The van der Waals surface area contributed by atoms with E-state index in [9.17, 15) is 0 Å². The fourth-order valence-corrected chi connectivity index (χ4v) is 6.44. The van der Waals surface area contributed by atoms with Gasteiger partial charge in [0.2, 0.25) is 0 Å². The van der Waals surface area contributed by atoms with E-state index in [0.29, 0.717) is 0 Å². The molecule has 190 valence electrons. The van der Waals surface area contributed by atoms with Crippen LogP contribution in [0.15, 0.2) is 79.1 Å². The number of fused-ring (bicyclic) bond motifs is 4. The molecule has 6 aromatic rings. The zero-order valence-electron chi connectivity index (χ0n) is 23.0. The third kappa shape index (κ3) is 4.58. The van der Waals surface area contributed by atoms with E-state index in [1.165, 1.54) is 26.4 Å². The Morgan fingerprint density at radius 3 is 2.37 bits per heavy atom.